The Balaban J connectivity index is 1.83. The van der Waals surface area contributed by atoms with Crippen molar-refractivity contribution in [2.45, 2.75) is 78.4 Å². The number of carbonyl (C=O) groups is 2. The first-order valence-electron chi connectivity index (χ1n) is 14.2. The number of halogens is 1. The highest BCUT2D eigenvalue weighted by Crippen LogP contribution is 2.40. The quantitative estimate of drug-likeness (QED) is 0.335. The highest BCUT2D eigenvalue weighted by Gasteiger charge is 2.49. The van der Waals surface area contributed by atoms with Crippen molar-refractivity contribution in [1.29, 1.82) is 0 Å². The van der Waals surface area contributed by atoms with Crippen molar-refractivity contribution in [1.82, 2.24) is 34.5 Å². The number of benzene rings is 1. The maximum atomic E-state index is 15.1. The van der Waals surface area contributed by atoms with Crippen LogP contribution in [0.15, 0.2) is 24.5 Å². The summed E-state index contributed by atoms with van der Waals surface area (Å²) in [5.74, 6) is -0.255. The number of H-pyrrole nitrogens is 1. The van der Waals surface area contributed by atoms with Crippen molar-refractivity contribution in [2.24, 2.45) is 11.3 Å². The van der Waals surface area contributed by atoms with E-state index in [-0.39, 0.29) is 30.1 Å². The number of carbonyl (C=O) groups excluding carboxylic acids is 1. The van der Waals surface area contributed by atoms with Gasteiger partial charge in [-0.05, 0) is 42.7 Å². The van der Waals surface area contributed by atoms with E-state index in [2.05, 4.69) is 20.2 Å². The average Bonchev–Trinajstić information content (AvgIpc) is 3.57. The number of methoxy groups -OCH3 is 1. The number of aryl methyl sites for hydroxylation is 1. The Morgan fingerprint density at radius 3 is 2.63 bits per heavy atom. The molecule has 224 valence electrons. The number of amides is 2. The van der Waals surface area contributed by atoms with Gasteiger partial charge >= 0.3 is 6.09 Å². The standard InChI is InChI=1S/C29H42FN7O4/c1-18(2)15-36(22-14-19(25-31-17-32-34-25)16-37(28(39)40)24(22)29(3,4)5)27(38)26-33-21-11-9-10-20(30)23(21)35(26)12-7-8-13-41-6/h9-11,17-19,22,24H,7-8,12-16H2,1-6H3,(H,39,40)(H,31,32,34)/t19-,22+,24?/m1/s1. The molecule has 0 saturated carbocycles. The molecule has 12 heteroatoms. The summed E-state index contributed by atoms with van der Waals surface area (Å²) in [4.78, 5) is 39.4. The number of hydrogen-bond acceptors (Lipinski definition) is 6. The van der Waals surface area contributed by atoms with Gasteiger partial charge in [-0.2, -0.15) is 5.10 Å². The zero-order chi connectivity index (χ0) is 29.9. The fraction of sp³-hybridized carbons (Fsp3) is 0.621. The van der Waals surface area contributed by atoms with Gasteiger partial charge in [-0.3, -0.25) is 9.89 Å². The van der Waals surface area contributed by atoms with E-state index >= 15 is 4.39 Å². The highest BCUT2D eigenvalue weighted by molar-refractivity contribution is 5.95. The van der Waals surface area contributed by atoms with Crippen LogP contribution < -0.4 is 0 Å². The van der Waals surface area contributed by atoms with Gasteiger partial charge in [-0.25, -0.2) is 19.2 Å². The fourth-order valence-corrected chi connectivity index (χ4v) is 6.13. The highest BCUT2D eigenvalue weighted by atomic mass is 19.1. The number of hydrogen-bond donors (Lipinski definition) is 2. The number of likely N-dealkylation sites (tertiary alicyclic amines) is 1. The van der Waals surface area contributed by atoms with Gasteiger partial charge in [0.15, 0.2) is 5.82 Å². The zero-order valence-corrected chi connectivity index (χ0v) is 24.8. The second kappa shape index (κ2) is 12.5. The van der Waals surface area contributed by atoms with Crippen LogP contribution in [0, 0.1) is 17.2 Å². The van der Waals surface area contributed by atoms with Crippen LogP contribution in [0.5, 0.6) is 0 Å². The first-order valence-corrected chi connectivity index (χ1v) is 14.2. The smallest absolute Gasteiger partial charge is 0.407 e. The molecule has 4 rings (SSSR count). The number of carboxylic acid groups (broad SMARTS) is 1. The summed E-state index contributed by atoms with van der Waals surface area (Å²) in [7, 11) is 1.63. The van der Waals surface area contributed by atoms with Crippen molar-refractivity contribution in [3.8, 4) is 0 Å². The molecular weight excluding hydrogens is 529 g/mol. The Morgan fingerprint density at radius 1 is 1.27 bits per heavy atom. The molecule has 2 amide bonds. The Hall–Kier alpha value is -3.54. The molecule has 0 bridgehead atoms. The van der Waals surface area contributed by atoms with Gasteiger partial charge in [0.25, 0.3) is 5.91 Å². The number of nitrogens with zero attached hydrogens (tertiary/aromatic N) is 6. The van der Waals surface area contributed by atoms with Crippen LogP contribution in [0.1, 0.15) is 76.2 Å². The topological polar surface area (TPSA) is 129 Å². The summed E-state index contributed by atoms with van der Waals surface area (Å²) in [5, 5.41) is 17.2. The Morgan fingerprint density at radius 2 is 2.02 bits per heavy atom. The molecule has 1 unspecified atom stereocenters. The predicted molar refractivity (Wildman–Crippen MR) is 152 cm³/mol. The van der Waals surface area contributed by atoms with Crippen molar-refractivity contribution >= 4 is 23.0 Å². The van der Waals surface area contributed by atoms with E-state index in [0.29, 0.717) is 49.4 Å². The molecule has 3 heterocycles. The van der Waals surface area contributed by atoms with Gasteiger partial charge < -0.3 is 24.2 Å². The SMILES string of the molecule is COCCCCn1c(C(=O)N(CC(C)C)[C@H]2C[C@@H](c3ncn[nH]3)CN(C(=O)O)C2C(C)(C)C)nc2cccc(F)c21. The van der Waals surface area contributed by atoms with Gasteiger partial charge in [0, 0.05) is 39.3 Å². The van der Waals surface area contributed by atoms with E-state index in [4.69, 9.17) is 4.74 Å². The van der Waals surface area contributed by atoms with Gasteiger partial charge in [0.05, 0.1) is 17.6 Å². The third kappa shape index (κ3) is 6.52. The molecule has 0 aliphatic carbocycles. The molecule has 1 aliphatic rings. The lowest BCUT2D eigenvalue weighted by atomic mass is 9.74. The molecule has 1 aromatic carbocycles. The summed E-state index contributed by atoms with van der Waals surface area (Å²) < 4.78 is 22.0. The molecule has 2 N–H and O–H groups in total. The maximum Gasteiger partial charge on any atom is 0.407 e. The minimum Gasteiger partial charge on any atom is -0.465 e. The number of nitrogens with one attached hydrogen (secondary N) is 1. The Bertz CT molecular complexity index is 1330. The number of rotatable bonds is 10. The molecule has 0 radical (unpaired) electrons. The number of aromatic nitrogens is 5. The van der Waals surface area contributed by atoms with Gasteiger partial charge in [-0.15, -0.1) is 0 Å². The molecule has 2 aromatic heterocycles. The molecular formula is C29H42FN7O4. The van der Waals surface area contributed by atoms with Crippen molar-refractivity contribution < 1.29 is 23.8 Å². The van der Waals surface area contributed by atoms with Gasteiger partial charge in [-0.1, -0.05) is 40.7 Å². The number of piperidine rings is 1. The van der Waals surface area contributed by atoms with Crippen LogP contribution in [-0.4, -0.2) is 90.5 Å². The van der Waals surface area contributed by atoms with Crippen molar-refractivity contribution in [3.63, 3.8) is 0 Å². The molecule has 11 nitrogen and oxygen atoms in total. The lowest BCUT2D eigenvalue weighted by molar-refractivity contribution is -0.0142. The molecule has 3 aromatic rings. The van der Waals surface area contributed by atoms with Crippen LogP contribution >= 0.6 is 0 Å². The molecule has 0 spiro atoms. The summed E-state index contributed by atoms with van der Waals surface area (Å²) in [6.07, 6.45) is 2.26. The number of fused-ring (bicyclic) bond motifs is 1. The number of ether oxygens (including phenoxy) is 1. The van der Waals surface area contributed by atoms with E-state index in [1.807, 2.05) is 34.6 Å². The van der Waals surface area contributed by atoms with Crippen molar-refractivity contribution in [2.75, 3.05) is 26.8 Å². The van der Waals surface area contributed by atoms with Crippen LogP contribution in [0.3, 0.4) is 0 Å². The third-order valence-electron chi connectivity index (χ3n) is 7.71. The fourth-order valence-electron chi connectivity index (χ4n) is 6.13. The minimum absolute atomic E-state index is 0.0831. The third-order valence-corrected chi connectivity index (χ3v) is 7.71. The van der Waals surface area contributed by atoms with Crippen molar-refractivity contribution in [3.05, 3.63) is 42.0 Å². The number of unbranched alkanes of at least 4 members (excludes halogenated alkanes) is 1. The number of para-hydroxylation sites is 1. The molecule has 1 aliphatic heterocycles. The van der Waals surface area contributed by atoms with E-state index in [0.717, 1.165) is 6.42 Å². The molecule has 1 saturated heterocycles. The largest absolute Gasteiger partial charge is 0.465 e. The van der Waals surface area contributed by atoms with E-state index in [1.165, 1.54) is 17.3 Å². The maximum absolute atomic E-state index is 15.1. The van der Waals surface area contributed by atoms with Crippen LogP contribution in [-0.2, 0) is 11.3 Å². The lowest BCUT2D eigenvalue weighted by Gasteiger charge is -2.52. The van der Waals surface area contributed by atoms with Crippen LogP contribution in [0.4, 0.5) is 9.18 Å². The summed E-state index contributed by atoms with van der Waals surface area (Å²) >= 11 is 0. The van der Waals surface area contributed by atoms with Gasteiger partial charge in [0.1, 0.15) is 23.5 Å². The number of imidazole rings is 1. The second-order valence-corrected chi connectivity index (χ2v) is 12.4. The van der Waals surface area contributed by atoms with E-state index in [1.54, 1.807) is 28.7 Å². The monoisotopic (exact) mass is 571 g/mol. The van der Waals surface area contributed by atoms with Gasteiger partial charge in [0.2, 0.25) is 0 Å². The minimum atomic E-state index is -1.05. The summed E-state index contributed by atoms with van der Waals surface area (Å²) in [5.41, 5.74) is 0.213. The molecule has 41 heavy (non-hydrogen) atoms. The first kappa shape index (κ1) is 30.4. The Kier molecular flexibility index (Phi) is 9.31. The average molecular weight is 572 g/mol. The van der Waals surface area contributed by atoms with E-state index in [9.17, 15) is 14.7 Å². The lowest BCUT2D eigenvalue weighted by Crippen LogP contribution is -2.64. The predicted octanol–water partition coefficient (Wildman–Crippen LogP) is 4.77. The number of aromatic amines is 1. The molecule has 1 fully saturated rings. The first-order chi connectivity index (χ1) is 19.4. The zero-order valence-electron chi connectivity index (χ0n) is 24.8. The summed E-state index contributed by atoms with van der Waals surface area (Å²) in [6.45, 7) is 11.6. The molecule has 3 atom stereocenters. The summed E-state index contributed by atoms with van der Waals surface area (Å²) in [6, 6.07) is 3.68. The normalized spacial score (nSPS) is 19.7. The van der Waals surface area contributed by atoms with E-state index < -0.39 is 29.4 Å². The van der Waals surface area contributed by atoms with Crippen LogP contribution in [0.25, 0.3) is 11.0 Å². The van der Waals surface area contributed by atoms with Crippen LogP contribution in [0.2, 0.25) is 0 Å². The Labute approximate surface area is 240 Å². The second-order valence-electron chi connectivity index (χ2n) is 12.4.